The molecule has 28 heavy (non-hydrogen) atoms. The zero-order valence-electron chi connectivity index (χ0n) is 15.1. The maximum Gasteiger partial charge on any atom is 0.417 e. The van der Waals surface area contributed by atoms with Crippen LogP contribution in [0.3, 0.4) is 0 Å². The van der Waals surface area contributed by atoms with E-state index < -0.39 is 12.1 Å². The van der Waals surface area contributed by atoms with Crippen molar-refractivity contribution in [2.45, 2.75) is 18.9 Å². The fraction of sp³-hybridized carbons (Fsp3) is 0.227. The zero-order chi connectivity index (χ0) is 19.3. The van der Waals surface area contributed by atoms with Gasteiger partial charge in [0.05, 0.1) is 5.70 Å². The summed E-state index contributed by atoms with van der Waals surface area (Å²) < 4.78 is 5.21. The highest BCUT2D eigenvalue weighted by Crippen LogP contribution is 2.41. The van der Waals surface area contributed by atoms with Gasteiger partial charge >= 0.3 is 6.09 Å². The molecule has 6 nitrogen and oxygen atoms in total. The van der Waals surface area contributed by atoms with Crippen molar-refractivity contribution in [2.24, 2.45) is 0 Å². The van der Waals surface area contributed by atoms with Gasteiger partial charge in [-0.1, -0.05) is 48.5 Å². The Kier molecular flexibility index (Phi) is 3.79. The summed E-state index contributed by atoms with van der Waals surface area (Å²) in [7, 11) is 0. The number of amides is 3. The molecule has 3 aliphatic rings. The average Bonchev–Trinajstić information content (AvgIpc) is 3.27. The molecule has 0 aliphatic carbocycles. The molecule has 5 rings (SSSR count). The van der Waals surface area contributed by atoms with Gasteiger partial charge in [-0.15, -0.1) is 0 Å². The van der Waals surface area contributed by atoms with E-state index in [1.807, 2.05) is 48.5 Å². The topological polar surface area (TPSA) is 66.9 Å². The van der Waals surface area contributed by atoms with E-state index in [1.165, 1.54) is 4.90 Å². The molecular formula is C22H18N2O4. The largest absolute Gasteiger partial charge is 0.446 e. The Morgan fingerprint density at radius 1 is 0.964 bits per heavy atom. The number of benzene rings is 2. The lowest BCUT2D eigenvalue weighted by Gasteiger charge is -2.29. The van der Waals surface area contributed by atoms with Crippen molar-refractivity contribution in [1.82, 2.24) is 9.80 Å². The van der Waals surface area contributed by atoms with E-state index in [0.29, 0.717) is 36.2 Å². The summed E-state index contributed by atoms with van der Waals surface area (Å²) in [4.78, 5) is 41.5. The number of imide groups is 1. The standard InChI is InChI=1S/C22H18N2O4/c25-20-16-10-5-4-9-15(16)19-17(11-6-12-23(19)20)21(26)24-18(13-28-22(24)27)14-7-2-1-3-8-14/h1-5,7-10,18H,6,11-13H2/t18-/m0/s1. The molecule has 0 unspecified atom stereocenters. The number of rotatable bonds is 2. The van der Waals surface area contributed by atoms with Gasteiger partial charge in [-0.05, 0) is 24.5 Å². The molecule has 2 aromatic carbocycles. The van der Waals surface area contributed by atoms with E-state index in [2.05, 4.69) is 0 Å². The van der Waals surface area contributed by atoms with Gasteiger partial charge in [0, 0.05) is 23.2 Å². The molecule has 0 saturated carbocycles. The lowest BCUT2D eigenvalue weighted by atomic mass is 9.96. The number of nitrogens with zero attached hydrogens (tertiary/aromatic N) is 2. The predicted molar refractivity (Wildman–Crippen MR) is 101 cm³/mol. The molecule has 1 fully saturated rings. The van der Waals surface area contributed by atoms with Crippen molar-refractivity contribution in [3.8, 4) is 0 Å². The van der Waals surface area contributed by atoms with Gasteiger partial charge in [-0.2, -0.15) is 0 Å². The molecule has 6 heteroatoms. The van der Waals surface area contributed by atoms with Crippen molar-refractivity contribution < 1.29 is 19.1 Å². The molecule has 0 N–H and O–H groups in total. The van der Waals surface area contributed by atoms with E-state index in [0.717, 1.165) is 11.1 Å². The van der Waals surface area contributed by atoms with Crippen molar-refractivity contribution in [2.75, 3.05) is 13.2 Å². The van der Waals surface area contributed by atoms with Crippen LogP contribution in [0, 0.1) is 0 Å². The third kappa shape index (κ3) is 2.37. The molecular weight excluding hydrogens is 356 g/mol. The van der Waals surface area contributed by atoms with Crippen LogP contribution in [0.15, 0.2) is 60.2 Å². The Balaban J connectivity index is 1.60. The summed E-state index contributed by atoms with van der Waals surface area (Å²) in [6.45, 7) is 0.711. The molecule has 140 valence electrons. The van der Waals surface area contributed by atoms with Crippen LogP contribution in [-0.2, 0) is 9.53 Å². The highest BCUT2D eigenvalue weighted by atomic mass is 16.6. The molecule has 3 aliphatic heterocycles. The lowest BCUT2D eigenvalue weighted by molar-refractivity contribution is -0.125. The Bertz CT molecular complexity index is 1030. The Morgan fingerprint density at radius 2 is 1.68 bits per heavy atom. The van der Waals surface area contributed by atoms with E-state index in [-0.39, 0.29) is 18.4 Å². The van der Waals surface area contributed by atoms with E-state index in [4.69, 9.17) is 4.74 Å². The first kappa shape index (κ1) is 16.7. The van der Waals surface area contributed by atoms with Crippen LogP contribution < -0.4 is 0 Å². The van der Waals surface area contributed by atoms with E-state index >= 15 is 0 Å². The Hall–Kier alpha value is -3.41. The molecule has 0 aromatic heterocycles. The van der Waals surface area contributed by atoms with E-state index in [9.17, 15) is 14.4 Å². The van der Waals surface area contributed by atoms with E-state index in [1.54, 1.807) is 11.0 Å². The first-order chi connectivity index (χ1) is 13.7. The van der Waals surface area contributed by atoms with Gasteiger partial charge in [-0.3, -0.25) is 9.59 Å². The monoisotopic (exact) mass is 374 g/mol. The normalized spacial score (nSPS) is 20.9. The summed E-state index contributed by atoms with van der Waals surface area (Å²) in [5, 5.41) is 0. The van der Waals surface area contributed by atoms with Crippen LogP contribution in [0.1, 0.15) is 40.4 Å². The van der Waals surface area contributed by atoms with Gasteiger partial charge in [0.15, 0.2) is 0 Å². The van der Waals surface area contributed by atoms with Crippen LogP contribution in [0.4, 0.5) is 4.79 Å². The zero-order valence-corrected chi connectivity index (χ0v) is 15.1. The Morgan fingerprint density at radius 3 is 2.46 bits per heavy atom. The number of cyclic esters (lactones) is 1. The first-order valence-electron chi connectivity index (χ1n) is 9.36. The number of fused-ring (bicyclic) bond motifs is 3. The number of carbonyl (C=O) groups is 3. The van der Waals surface area contributed by atoms with Crippen molar-refractivity contribution in [1.29, 1.82) is 0 Å². The molecule has 0 spiro atoms. The minimum atomic E-state index is -0.637. The predicted octanol–water partition coefficient (Wildman–Crippen LogP) is 3.37. The Labute approximate surface area is 162 Å². The maximum atomic E-state index is 13.5. The second kappa shape index (κ2) is 6.34. The third-order valence-corrected chi connectivity index (χ3v) is 5.56. The van der Waals surface area contributed by atoms with Gasteiger partial charge in [0.1, 0.15) is 12.6 Å². The van der Waals surface area contributed by atoms with Crippen LogP contribution >= 0.6 is 0 Å². The smallest absolute Gasteiger partial charge is 0.417 e. The average molecular weight is 374 g/mol. The first-order valence-corrected chi connectivity index (χ1v) is 9.36. The second-order valence-corrected chi connectivity index (χ2v) is 7.11. The van der Waals surface area contributed by atoms with Crippen LogP contribution in [0.2, 0.25) is 0 Å². The summed E-state index contributed by atoms with van der Waals surface area (Å²) in [5.74, 6) is -0.459. The lowest BCUT2D eigenvalue weighted by Crippen LogP contribution is -2.38. The fourth-order valence-electron chi connectivity index (χ4n) is 4.26. The minimum Gasteiger partial charge on any atom is -0.446 e. The highest BCUT2D eigenvalue weighted by molar-refractivity contribution is 6.16. The third-order valence-electron chi connectivity index (χ3n) is 5.56. The summed E-state index contributed by atoms with van der Waals surface area (Å²) >= 11 is 0. The molecule has 1 atom stereocenters. The SMILES string of the molecule is O=C1c2ccccc2C2=C(C(=O)N3C(=O)OC[C@H]3c3ccccc3)CCCN12. The fourth-order valence-corrected chi connectivity index (χ4v) is 4.26. The quantitative estimate of drug-likeness (QED) is 0.808. The summed E-state index contributed by atoms with van der Waals surface area (Å²) in [6.07, 6.45) is 0.572. The number of hydrogen-bond acceptors (Lipinski definition) is 4. The van der Waals surface area contributed by atoms with Crippen molar-refractivity contribution >= 4 is 23.6 Å². The van der Waals surface area contributed by atoms with Gasteiger partial charge in [0.2, 0.25) is 0 Å². The number of ether oxygens (including phenoxy) is 1. The van der Waals surface area contributed by atoms with Crippen molar-refractivity contribution in [3.63, 3.8) is 0 Å². The molecule has 3 heterocycles. The van der Waals surface area contributed by atoms with Crippen LogP contribution in [-0.4, -0.2) is 40.9 Å². The highest BCUT2D eigenvalue weighted by Gasteiger charge is 2.44. The van der Waals surface area contributed by atoms with Crippen molar-refractivity contribution in [3.05, 3.63) is 76.9 Å². The maximum absolute atomic E-state index is 13.5. The minimum absolute atomic E-state index is 0.0841. The molecule has 0 bridgehead atoms. The molecule has 0 radical (unpaired) electrons. The number of carbonyl (C=O) groups excluding carboxylic acids is 3. The number of hydrogen-bond donors (Lipinski definition) is 0. The summed E-state index contributed by atoms with van der Waals surface area (Å²) in [5.41, 5.74) is 3.36. The van der Waals surface area contributed by atoms with Gasteiger partial charge in [0.25, 0.3) is 11.8 Å². The van der Waals surface area contributed by atoms with Crippen LogP contribution in [0.25, 0.3) is 5.70 Å². The van der Waals surface area contributed by atoms with Gasteiger partial charge in [-0.25, -0.2) is 9.69 Å². The summed E-state index contributed by atoms with van der Waals surface area (Å²) in [6, 6.07) is 16.2. The van der Waals surface area contributed by atoms with Gasteiger partial charge < -0.3 is 9.64 Å². The molecule has 3 amide bonds. The van der Waals surface area contributed by atoms with Crippen LogP contribution in [0.5, 0.6) is 0 Å². The second-order valence-electron chi connectivity index (χ2n) is 7.11. The molecule has 2 aromatic rings. The molecule has 1 saturated heterocycles.